The standard InChI is InChI=1S/C18H25BrN2O/c19-16-5-3-4-15(14-16)8-9-18(22)21-12-10-20(11-13-21)17-6-1-2-7-17/h3-5,14,17H,1-2,6-13H2. The molecule has 22 heavy (non-hydrogen) atoms. The van der Waals surface area contributed by atoms with E-state index in [0.717, 1.165) is 43.1 Å². The van der Waals surface area contributed by atoms with Gasteiger partial charge in [0.2, 0.25) is 5.91 Å². The van der Waals surface area contributed by atoms with E-state index in [1.807, 2.05) is 12.1 Å². The first-order valence-corrected chi connectivity index (χ1v) is 9.28. The number of nitrogens with zero attached hydrogens (tertiary/aromatic N) is 2. The van der Waals surface area contributed by atoms with Gasteiger partial charge in [-0.25, -0.2) is 0 Å². The molecular weight excluding hydrogens is 340 g/mol. The van der Waals surface area contributed by atoms with E-state index in [1.165, 1.54) is 31.2 Å². The Morgan fingerprint density at radius 2 is 1.86 bits per heavy atom. The summed E-state index contributed by atoms with van der Waals surface area (Å²) in [6.07, 6.45) is 6.95. The monoisotopic (exact) mass is 364 g/mol. The van der Waals surface area contributed by atoms with Crippen molar-refractivity contribution >= 4 is 21.8 Å². The lowest BCUT2D eigenvalue weighted by atomic mass is 10.1. The Hall–Kier alpha value is -0.870. The quantitative estimate of drug-likeness (QED) is 0.816. The van der Waals surface area contributed by atoms with Gasteiger partial charge in [-0.1, -0.05) is 40.9 Å². The minimum Gasteiger partial charge on any atom is -0.340 e. The molecule has 4 heteroatoms. The number of halogens is 1. The van der Waals surface area contributed by atoms with Crippen LogP contribution in [0.3, 0.4) is 0 Å². The predicted octanol–water partition coefficient (Wildman–Crippen LogP) is 3.47. The summed E-state index contributed by atoms with van der Waals surface area (Å²) in [5, 5.41) is 0. The minimum atomic E-state index is 0.311. The highest BCUT2D eigenvalue weighted by Gasteiger charge is 2.27. The number of benzene rings is 1. The second-order valence-electron chi connectivity index (χ2n) is 6.48. The first kappa shape index (κ1) is 16.0. The van der Waals surface area contributed by atoms with E-state index in [4.69, 9.17) is 0 Å². The summed E-state index contributed by atoms with van der Waals surface area (Å²) in [4.78, 5) is 17.0. The number of carbonyl (C=O) groups excluding carboxylic acids is 1. The summed E-state index contributed by atoms with van der Waals surface area (Å²) in [5.74, 6) is 0.311. The Morgan fingerprint density at radius 1 is 1.14 bits per heavy atom. The van der Waals surface area contributed by atoms with Gasteiger partial charge in [-0.05, 0) is 37.0 Å². The van der Waals surface area contributed by atoms with Crippen LogP contribution in [0, 0.1) is 0 Å². The number of carbonyl (C=O) groups is 1. The third kappa shape index (κ3) is 4.11. The average Bonchev–Trinajstić information content (AvgIpc) is 3.07. The van der Waals surface area contributed by atoms with Crippen LogP contribution < -0.4 is 0 Å². The topological polar surface area (TPSA) is 23.6 Å². The van der Waals surface area contributed by atoms with E-state index in [1.54, 1.807) is 0 Å². The zero-order valence-corrected chi connectivity index (χ0v) is 14.7. The van der Waals surface area contributed by atoms with Gasteiger partial charge < -0.3 is 4.90 Å². The van der Waals surface area contributed by atoms with E-state index < -0.39 is 0 Å². The Labute approximate surface area is 141 Å². The maximum atomic E-state index is 12.4. The van der Waals surface area contributed by atoms with Crippen molar-refractivity contribution in [1.29, 1.82) is 0 Å². The van der Waals surface area contributed by atoms with Gasteiger partial charge in [0.05, 0.1) is 0 Å². The van der Waals surface area contributed by atoms with E-state index in [2.05, 4.69) is 37.9 Å². The second-order valence-corrected chi connectivity index (χ2v) is 7.40. The van der Waals surface area contributed by atoms with E-state index in [9.17, 15) is 4.79 Å². The van der Waals surface area contributed by atoms with Crippen molar-refractivity contribution in [1.82, 2.24) is 9.80 Å². The fraction of sp³-hybridized carbons (Fsp3) is 0.611. The fourth-order valence-electron chi connectivity index (χ4n) is 3.71. The molecule has 0 N–H and O–H groups in total. The van der Waals surface area contributed by atoms with Crippen LogP contribution in [0.4, 0.5) is 0 Å². The number of hydrogen-bond acceptors (Lipinski definition) is 2. The number of rotatable bonds is 4. The van der Waals surface area contributed by atoms with Gasteiger partial charge in [-0.2, -0.15) is 0 Å². The van der Waals surface area contributed by atoms with E-state index >= 15 is 0 Å². The third-order valence-electron chi connectivity index (χ3n) is 5.02. The molecule has 1 aliphatic heterocycles. The molecule has 2 aliphatic rings. The smallest absolute Gasteiger partial charge is 0.222 e. The summed E-state index contributed by atoms with van der Waals surface area (Å²) in [5.41, 5.74) is 1.23. The minimum absolute atomic E-state index is 0.311. The van der Waals surface area contributed by atoms with E-state index in [0.29, 0.717) is 12.3 Å². The van der Waals surface area contributed by atoms with Crippen molar-refractivity contribution in [2.24, 2.45) is 0 Å². The molecule has 2 fully saturated rings. The maximum absolute atomic E-state index is 12.4. The van der Waals surface area contributed by atoms with Crippen LogP contribution in [0.5, 0.6) is 0 Å². The Balaban J connectivity index is 1.43. The largest absolute Gasteiger partial charge is 0.340 e. The molecular formula is C18H25BrN2O. The molecule has 1 saturated carbocycles. The van der Waals surface area contributed by atoms with Crippen LogP contribution in [-0.4, -0.2) is 47.9 Å². The van der Waals surface area contributed by atoms with Gasteiger partial charge in [0.1, 0.15) is 0 Å². The SMILES string of the molecule is O=C(CCc1cccc(Br)c1)N1CCN(C2CCCC2)CC1. The predicted molar refractivity (Wildman–Crippen MR) is 92.9 cm³/mol. The Morgan fingerprint density at radius 3 is 2.55 bits per heavy atom. The summed E-state index contributed by atoms with van der Waals surface area (Å²) < 4.78 is 1.09. The molecule has 0 unspecified atom stereocenters. The highest BCUT2D eigenvalue weighted by Crippen LogP contribution is 2.24. The second kappa shape index (κ2) is 7.60. The van der Waals surface area contributed by atoms with Crippen molar-refractivity contribution in [2.45, 2.75) is 44.6 Å². The molecule has 120 valence electrons. The average molecular weight is 365 g/mol. The summed E-state index contributed by atoms with van der Waals surface area (Å²) in [7, 11) is 0. The molecule has 0 bridgehead atoms. The number of hydrogen-bond donors (Lipinski definition) is 0. The molecule has 1 heterocycles. The van der Waals surface area contributed by atoms with Crippen LogP contribution in [0.2, 0.25) is 0 Å². The molecule has 0 radical (unpaired) electrons. The van der Waals surface area contributed by atoms with Gasteiger partial charge in [0.15, 0.2) is 0 Å². The molecule has 0 spiro atoms. The van der Waals surface area contributed by atoms with Crippen molar-refractivity contribution in [3.8, 4) is 0 Å². The first-order valence-electron chi connectivity index (χ1n) is 8.48. The maximum Gasteiger partial charge on any atom is 0.222 e. The fourth-order valence-corrected chi connectivity index (χ4v) is 4.15. The van der Waals surface area contributed by atoms with Crippen molar-refractivity contribution in [2.75, 3.05) is 26.2 Å². The lowest BCUT2D eigenvalue weighted by Gasteiger charge is -2.38. The molecule has 3 rings (SSSR count). The Kier molecular flexibility index (Phi) is 5.53. The zero-order valence-electron chi connectivity index (χ0n) is 13.1. The van der Waals surface area contributed by atoms with Gasteiger partial charge >= 0.3 is 0 Å². The van der Waals surface area contributed by atoms with E-state index in [-0.39, 0.29) is 0 Å². The molecule has 1 amide bonds. The summed E-state index contributed by atoms with van der Waals surface area (Å²) in [6.45, 7) is 3.95. The molecule has 1 saturated heterocycles. The molecule has 1 aromatic carbocycles. The van der Waals surface area contributed by atoms with Crippen LogP contribution in [0.15, 0.2) is 28.7 Å². The van der Waals surface area contributed by atoms with Gasteiger partial charge in [-0.3, -0.25) is 9.69 Å². The van der Waals surface area contributed by atoms with Crippen LogP contribution in [0.1, 0.15) is 37.7 Å². The molecule has 3 nitrogen and oxygen atoms in total. The molecule has 0 aromatic heterocycles. The normalized spacial score (nSPS) is 20.5. The lowest BCUT2D eigenvalue weighted by molar-refractivity contribution is -0.133. The summed E-state index contributed by atoms with van der Waals surface area (Å²) >= 11 is 3.48. The zero-order chi connectivity index (χ0) is 15.4. The number of amides is 1. The Bertz CT molecular complexity index is 506. The van der Waals surface area contributed by atoms with Crippen LogP contribution in [0.25, 0.3) is 0 Å². The summed E-state index contributed by atoms with van der Waals surface area (Å²) in [6, 6.07) is 9.04. The van der Waals surface area contributed by atoms with Crippen LogP contribution in [-0.2, 0) is 11.2 Å². The van der Waals surface area contributed by atoms with Gasteiger partial charge in [0.25, 0.3) is 0 Å². The van der Waals surface area contributed by atoms with Crippen molar-refractivity contribution in [3.63, 3.8) is 0 Å². The highest BCUT2D eigenvalue weighted by atomic mass is 79.9. The first-order chi connectivity index (χ1) is 10.7. The van der Waals surface area contributed by atoms with Gasteiger partial charge in [0, 0.05) is 43.1 Å². The number of piperazine rings is 1. The van der Waals surface area contributed by atoms with Crippen molar-refractivity contribution in [3.05, 3.63) is 34.3 Å². The molecule has 1 aliphatic carbocycles. The highest BCUT2D eigenvalue weighted by molar-refractivity contribution is 9.10. The molecule has 0 atom stereocenters. The lowest BCUT2D eigenvalue weighted by Crippen LogP contribution is -2.51. The van der Waals surface area contributed by atoms with Crippen LogP contribution >= 0.6 is 15.9 Å². The van der Waals surface area contributed by atoms with Gasteiger partial charge in [-0.15, -0.1) is 0 Å². The van der Waals surface area contributed by atoms with Crippen molar-refractivity contribution < 1.29 is 4.79 Å². The number of aryl methyl sites for hydroxylation is 1. The molecule has 1 aromatic rings. The third-order valence-corrected chi connectivity index (χ3v) is 5.52.